The van der Waals surface area contributed by atoms with Crippen LogP contribution in [0.3, 0.4) is 0 Å². The van der Waals surface area contributed by atoms with Gasteiger partial charge in [0.2, 0.25) is 10.0 Å². The molecule has 1 heterocycles. The average Bonchev–Trinajstić information content (AvgIpc) is 2.81. The molecule has 1 atom stereocenters. The summed E-state index contributed by atoms with van der Waals surface area (Å²) in [5.41, 5.74) is -1.04. The molecule has 6 nitrogen and oxygen atoms in total. The van der Waals surface area contributed by atoms with Crippen molar-refractivity contribution in [2.75, 3.05) is 5.32 Å². The first-order valence-electron chi connectivity index (χ1n) is 7.71. The molecule has 1 aromatic heterocycles. The Balaban J connectivity index is 2.40. The van der Waals surface area contributed by atoms with Gasteiger partial charge in [-0.2, -0.15) is 0 Å². The summed E-state index contributed by atoms with van der Waals surface area (Å²) < 4.78 is 56.1. The summed E-state index contributed by atoms with van der Waals surface area (Å²) in [5, 5.41) is 11.8. The van der Waals surface area contributed by atoms with E-state index in [1.165, 1.54) is 17.8 Å². The monoisotopic (exact) mass is 441 g/mol. The Morgan fingerprint density at radius 1 is 1.19 bits per heavy atom. The Morgan fingerprint density at radius 3 is 2.33 bits per heavy atom. The number of hydrogen-bond acceptors (Lipinski definition) is 4. The SMILES string of the molecule is Cn1cc(S(=O)(=O)NC(C)(C)C)c(Cl)c1C(O)Nc1ccc(F)c(Cl)c1F. The molecule has 0 saturated carbocycles. The van der Waals surface area contributed by atoms with Crippen molar-refractivity contribution in [2.24, 2.45) is 7.05 Å². The fraction of sp³-hybridized carbons (Fsp3) is 0.375. The van der Waals surface area contributed by atoms with Gasteiger partial charge in [0.25, 0.3) is 0 Å². The molecular weight excluding hydrogens is 423 g/mol. The van der Waals surface area contributed by atoms with Crippen LogP contribution in [0.1, 0.15) is 32.7 Å². The molecule has 2 rings (SSSR count). The number of aliphatic hydroxyl groups excluding tert-OH is 1. The Labute approximate surface area is 166 Å². The van der Waals surface area contributed by atoms with Gasteiger partial charge < -0.3 is 15.0 Å². The van der Waals surface area contributed by atoms with Crippen LogP contribution in [0, 0.1) is 11.6 Å². The molecule has 0 radical (unpaired) electrons. The van der Waals surface area contributed by atoms with Crippen LogP contribution in [0.2, 0.25) is 10.0 Å². The van der Waals surface area contributed by atoms with Gasteiger partial charge in [0, 0.05) is 18.8 Å². The predicted octanol–water partition coefficient (Wildman–Crippen LogP) is 3.79. The second-order valence-electron chi connectivity index (χ2n) is 6.93. The minimum Gasteiger partial charge on any atom is -0.368 e. The molecule has 0 fully saturated rings. The highest BCUT2D eigenvalue weighted by atomic mass is 35.5. The quantitative estimate of drug-likeness (QED) is 0.486. The van der Waals surface area contributed by atoms with Gasteiger partial charge in [-0.05, 0) is 32.9 Å². The maximum absolute atomic E-state index is 14.0. The van der Waals surface area contributed by atoms with Crippen LogP contribution in [-0.2, 0) is 17.1 Å². The predicted molar refractivity (Wildman–Crippen MR) is 100 cm³/mol. The molecule has 1 unspecified atom stereocenters. The molecule has 3 N–H and O–H groups in total. The van der Waals surface area contributed by atoms with E-state index in [4.69, 9.17) is 23.2 Å². The number of rotatable bonds is 5. The van der Waals surface area contributed by atoms with Crippen molar-refractivity contribution in [3.05, 3.63) is 45.7 Å². The van der Waals surface area contributed by atoms with Gasteiger partial charge >= 0.3 is 0 Å². The number of aryl methyl sites for hydroxylation is 1. The third-order valence-corrected chi connectivity index (χ3v) is 6.07. The second-order valence-corrected chi connectivity index (χ2v) is 9.34. The molecule has 0 aliphatic heterocycles. The Kier molecular flexibility index (Phi) is 6.13. The summed E-state index contributed by atoms with van der Waals surface area (Å²) in [7, 11) is -2.50. The van der Waals surface area contributed by atoms with Crippen molar-refractivity contribution < 1.29 is 22.3 Å². The maximum atomic E-state index is 14.0. The molecule has 0 bridgehead atoms. The molecule has 0 saturated heterocycles. The lowest BCUT2D eigenvalue weighted by Crippen LogP contribution is -2.40. The van der Waals surface area contributed by atoms with Crippen molar-refractivity contribution >= 4 is 38.9 Å². The van der Waals surface area contributed by atoms with E-state index in [-0.39, 0.29) is 21.3 Å². The van der Waals surface area contributed by atoms with Gasteiger partial charge in [0.05, 0.1) is 16.4 Å². The summed E-state index contributed by atoms with van der Waals surface area (Å²) in [4.78, 5) is -0.241. The standard InChI is InChI=1S/C16H19Cl2F2N3O3S/c1-16(2,3)22-27(25,26)10-7-23(4)14(12(10)18)15(24)21-9-6-5-8(19)11(17)13(9)20/h5-7,15,21-22,24H,1-4H3. The number of sulfonamides is 1. The van der Waals surface area contributed by atoms with Gasteiger partial charge in [-0.25, -0.2) is 21.9 Å². The number of halogens is 4. The highest BCUT2D eigenvalue weighted by molar-refractivity contribution is 7.89. The molecule has 2 aromatic rings. The zero-order valence-electron chi connectivity index (χ0n) is 14.9. The van der Waals surface area contributed by atoms with Crippen LogP contribution in [0.15, 0.2) is 23.2 Å². The molecule has 0 aliphatic rings. The summed E-state index contributed by atoms with van der Waals surface area (Å²) in [6.45, 7) is 5.00. The smallest absolute Gasteiger partial charge is 0.244 e. The molecule has 27 heavy (non-hydrogen) atoms. The van der Waals surface area contributed by atoms with Crippen LogP contribution < -0.4 is 10.0 Å². The molecule has 0 spiro atoms. The van der Waals surface area contributed by atoms with Gasteiger partial charge in [-0.15, -0.1) is 0 Å². The number of hydrogen-bond donors (Lipinski definition) is 3. The fourth-order valence-corrected chi connectivity index (χ4v) is 4.70. The van der Waals surface area contributed by atoms with Gasteiger partial charge in [0.15, 0.2) is 12.0 Å². The average molecular weight is 442 g/mol. The number of aromatic nitrogens is 1. The minimum atomic E-state index is -3.96. The molecule has 1 aromatic carbocycles. The van der Waals surface area contributed by atoms with E-state index in [9.17, 15) is 22.3 Å². The van der Waals surface area contributed by atoms with E-state index < -0.39 is 38.4 Å². The Hall–Kier alpha value is -1.39. The number of anilines is 1. The molecular formula is C16H19Cl2F2N3O3S. The minimum absolute atomic E-state index is 0.0224. The number of nitrogens with zero attached hydrogens (tertiary/aromatic N) is 1. The zero-order chi connectivity index (χ0) is 20.7. The third kappa shape index (κ3) is 4.72. The zero-order valence-corrected chi connectivity index (χ0v) is 17.3. The van der Waals surface area contributed by atoms with Crippen LogP contribution in [0.25, 0.3) is 0 Å². The first-order valence-corrected chi connectivity index (χ1v) is 9.95. The van der Waals surface area contributed by atoms with Crippen molar-refractivity contribution in [3.63, 3.8) is 0 Å². The van der Waals surface area contributed by atoms with Crippen LogP contribution >= 0.6 is 23.2 Å². The first kappa shape index (κ1) is 21.9. The van der Waals surface area contributed by atoms with E-state index in [1.807, 2.05) is 0 Å². The molecule has 150 valence electrons. The van der Waals surface area contributed by atoms with Crippen LogP contribution in [-0.4, -0.2) is 23.6 Å². The summed E-state index contributed by atoms with van der Waals surface area (Å²) >= 11 is 11.7. The van der Waals surface area contributed by atoms with Crippen molar-refractivity contribution in [1.82, 2.24) is 9.29 Å². The van der Waals surface area contributed by atoms with Crippen LogP contribution in [0.4, 0.5) is 14.5 Å². The summed E-state index contributed by atoms with van der Waals surface area (Å²) in [6.07, 6.45) is -0.359. The van der Waals surface area contributed by atoms with E-state index in [0.717, 1.165) is 12.1 Å². The van der Waals surface area contributed by atoms with Gasteiger partial charge in [-0.1, -0.05) is 23.2 Å². The lowest BCUT2D eigenvalue weighted by atomic mass is 10.1. The van der Waals surface area contributed by atoms with Crippen molar-refractivity contribution in [3.8, 4) is 0 Å². The Morgan fingerprint density at radius 2 is 1.78 bits per heavy atom. The topological polar surface area (TPSA) is 83.4 Å². The molecule has 0 amide bonds. The summed E-state index contributed by atoms with van der Waals surface area (Å²) in [5.74, 6) is -2.05. The van der Waals surface area contributed by atoms with Gasteiger partial charge in [0.1, 0.15) is 15.7 Å². The maximum Gasteiger partial charge on any atom is 0.244 e. The van der Waals surface area contributed by atoms with Crippen molar-refractivity contribution in [1.29, 1.82) is 0 Å². The van der Waals surface area contributed by atoms with Crippen LogP contribution in [0.5, 0.6) is 0 Å². The lowest BCUT2D eigenvalue weighted by Gasteiger charge is -2.20. The number of aliphatic hydroxyl groups is 1. The fourth-order valence-electron chi connectivity index (χ4n) is 2.39. The van der Waals surface area contributed by atoms with E-state index >= 15 is 0 Å². The van der Waals surface area contributed by atoms with Gasteiger partial charge in [-0.3, -0.25) is 0 Å². The third-order valence-electron chi connectivity index (χ3n) is 3.45. The molecule has 0 aliphatic carbocycles. The highest BCUT2D eigenvalue weighted by Gasteiger charge is 2.30. The second kappa shape index (κ2) is 7.56. The number of nitrogens with one attached hydrogen (secondary N) is 2. The van der Waals surface area contributed by atoms with E-state index in [1.54, 1.807) is 20.8 Å². The lowest BCUT2D eigenvalue weighted by molar-refractivity contribution is 0.199. The summed E-state index contributed by atoms with van der Waals surface area (Å²) in [6, 6.07) is 1.98. The number of benzene rings is 1. The normalized spacial score (nSPS) is 13.7. The van der Waals surface area contributed by atoms with Crippen molar-refractivity contribution in [2.45, 2.75) is 37.4 Å². The van der Waals surface area contributed by atoms with E-state index in [2.05, 4.69) is 10.0 Å². The largest absolute Gasteiger partial charge is 0.368 e. The first-order chi connectivity index (χ1) is 12.2. The molecule has 11 heteroatoms. The van der Waals surface area contributed by atoms with E-state index in [0.29, 0.717) is 0 Å². The Bertz CT molecular complexity index is 972. The highest BCUT2D eigenvalue weighted by Crippen LogP contribution is 2.34.